The van der Waals surface area contributed by atoms with Crippen molar-refractivity contribution in [3.63, 3.8) is 0 Å². The summed E-state index contributed by atoms with van der Waals surface area (Å²) in [6, 6.07) is 74.0. The van der Waals surface area contributed by atoms with Crippen LogP contribution in [0, 0.1) is 0 Å². The number of thiophene rings is 1. The van der Waals surface area contributed by atoms with Crippen LogP contribution in [0.15, 0.2) is 205 Å². The lowest BCUT2D eigenvalue weighted by Crippen LogP contribution is -2.30. The van der Waals surface area contributed by atoms with Gasteiger partial charge in [-0.15, -0.1) is 11.3 Å². The minimum Gasteiger partial charge on any atom is -0.456 e. The van der Waals surface area contributed by atoms with Crippen LogP contribution in [0.2, 0.25) is 0 Å². The van der Waals surface area contributed by atoms with Gasteiger partial charge in [0.05, 0.1) is 5.69 Å². The highest BCUT2D eigenvalue weighted by atomic mass is 32.1. The number of fused-ring (bicyclic) bond motifs is 6. The molecule has 3 heteroatoms. The highest BCUT2D eigenvalue weighted by Crippen LogP contribution is 2.61. The van der Waals surface area contributed by atoms with Crippen LogP contribution in [-0.4, -0.2) is 0 Å². The summed E-state index contributed by atoms with van der Waals surface area (Å²) >= 11 is 1.87. The van der Waals surface area contributed by atoms with Crippen molar-refractivity contribution in [2.45, 2.75) is 11.8 Å². The summed E-state index contributed by atoms with van der Waals surface area (Å²) < 4.78 is 8.94. The average molecular weight is 770 g/mol. The van der Waals surface area contributed by atoms with E-state index in [1.807, 2.05) is 17.4 Å². The van der Waals surface area contributed by atoms with Crippen molar-refractivity contribution in [1.29, 1.82) is 0 Å². The fraction of sp³-hybridized carbons (Fsp3) is 0.0357. The maximum atomic E-state index is 6.33. The van der Waals surface area contributed by atoms with Gasteiger partial charge in [0.25, 0.3) is 0 Å². The molecule has 276 valence electrons. The minimum atomic E-state index is 0.0626. The second-order valence-electron chi connectivity index (χ2n) is 15.9. The maximum absolute atomic E-state index is 6.33. The number of nitrogens with zero attached hydrogens (tertiary/aromatic N) is 1. The average Bonchev–Trinajstić information content (AvgIpc) is 3.87. The molecule has 2 heterocycles. The molecule has 0 aliphatic heterocycles. The molecule has 0 N–H and O–H groups in total. The lowest BCUT2D eigenvalue weighted by molar-refractivity contribution is 0.669. The van der Waals surface area contributed by atoms with Crippen molar-refractivity contribution >= 4 is 70.5 Å². The summed E-state index contributed by atoms with van der Waals surface area (Å²) in [5.41, 5.74) is 18.6. The smallest absolute Gasteiger partial charge is 0.135 e. The molecule has 3 aliphatic carbocycles. The topological polar surface area (TPSA) is 16.4 Å². The number of benzene rings is 9. The maximum Gasteiger partial charge on any atom is 0.135 e. The van der Waals surface area contributed by atoms with Crippen molar-refractivity contribution in [2.75, 3.05) is 4.90 Å². The molecule has 0 radical (unpaired) electrons. The van der Waals surface area contributed by atoms with Crippen molar-refractivity contribution in [1.82, 2.24) is 0 Å². The molecular weight excluding hydrogens is 735 g/mol. The largest absolute Gasteiger partial charge is 0.456 e. The normalized spacial score (nSPS) is 15.1. The molecule has 0 fully saturated rings. The molecule has 0 saturated carbocycles. The van der Waals surface area contributed by atoms with Gasteiger partial charge in [0.2, 0.25) is 0 Å². The van der Waals surface area contributed by atoms with Gasteiger partial charge in [-0.1, -0.05) is 140 Å². The van der Waals surface area contributed by atoms with Gasteiger partial charge in [-0.2, -0.15) is 0 Å². The summed E-state index contributed by atoms with van der Waals surface area (Å²) in [7, 11) is 0. The Morgan fingerprint density at radius 3 is 1.71 bits per heavy atom. The molecule has 9 aromatic carbocycles. The number of para-hydroxylation sites is 1. The zero-order valence-corrected chi connectivity index (χ0v) is 32.8. The molecule has 0 amide bonds. The van der Waals surface area contributed by atoms with E-state index in [4.69, 9.17) is 4.42 Å². The van der Waals surface area contributed by atoms with E-state index >= 15 is 0 Å². The first-order valence-corrected chi connectivity index (χ1v) is 21.2. The Morgan fingerprint density at radius 2 is 0.949 bits per heavy atom. The molecule has 11 aromatic rings. The highest BCUT2D eigenvalue weighted by Gasteiger charge is 2.44. The Labute approximate surface area is 345 Å². The predicted molar refractivity (Wildman–Crippen MR) is 247 cm³/mol. The van der Waals surface area contributed by atoms with Crippen LogP contribution in [0.5, 0.6) is 0 Å². The Balaban J connectivity index is 1.10. The lowest BCUT2D eigenvalue weighted by atomic mass is 9.59. The van der Waals surface area contributed by atoms with Gasteiger partial charge in [-0.25, -0.2) is 0 Å². The number of furan rings is 1. The van der Waals surface area contributed by atoms with E-state index < -0.39 is 0 Å². The zero-order chi connectivity index (χ0) is 38.6. The molecule has 0 unspecified atom stereocenters. The third-order valence-corrected chi connectivity index (χ3v) is 14.0. The summed E-state index contributed by atoms with van der Waals surface area (Å²) in [4.78, 5) is 2.53. The Kier molecular flexibility index (Phi) is 7.04. The zero-order valence-electron chi connectivity index (χ0n) is 32.0. The SMILES string of the molecule is c1ccc(-c2ccc(N(c3ccc4sc5ccccc5c4c3)c3ccc(-c4ccc5oc6ccccc6c5c4)c4c3C3c5ccccc5C4c4ccccc43)cc2)cc1. The number of hydrogen-bond donors (Lipinski definition) is 0. The lowest BCUT2D eigenvalue weighted by Gasteiger charge is -2.45. The summed E-state index contributed by atoms with van der Waals surface area (Å²) in [5, 5.41) is 4.88. The molecule has 3 aliphatic rings. The molecule has 59 heavy (non-hydrogen) atoms. The van der Waals surface area contributed by atoms with E-state index in [1.165, 1.54) is 81.5 Å². The minimum absolute atomic E-state index is 0.0626. The monoisotopic (exact) mass is 769 g/mol. The van der Waals surface area contributed by atoms with Crippen molar-refractivity contribution in [3.8, 4) is 22.3 Å². The number of hydrogen-bond acceptors (Lipinski definition) is 3. The van der Waals surface area contributed by atoms with E-state index in [9.17, 15) is 0 Å². The first-order valence-electron chi connectivity index (χ1n) is 20.4. The van der Waals surface area contributed by atoms with E-state index in [1.54, 1.807) is 0 Å². The molecule has 2 bridgehead atoms. The van der Waals surface area contributed by atoms with Gasteiger partial charge in [0.15, 0.2) is 0 Å². The Hall–Kier alpha value is -7.20. The second kappa shape index (κ2) is 12.6. The van der Waals surface area contributed by atoms with Gasteiger partial charge >= 0.3 is 0 Å². The van der Waals surface area contributed by atoms with Crippen LogP contribution in [0.4, 0.5) is 17.1 Å². The van der Waals surface area contributed by atoms with E-state index in [0.717, 1.165) is 33.3 Å². The van der Waals surface area contributed by atoms with Crippen LogP contribution >= 0.6 is 11.3 Å². The van der Waals surface area contributed by atoms with Crippen LogP contribution in [-0.2, 0) is 0 Å². The van der Waals surface area contributed by atoms with E-state index in [0.29, 0.717) is 0 Å². The molecular formula is C56H35NOS. The molecule has 0 atom stereocenters. The van der Waals surface area contributed by atoms with Crippen LogP contribution in [0.25, 0.3) is 64.4 Å². The molecule has 14 rings (SSSR count). The molecule has 0 spiro atoms. The third kappa shape index (κ3) is 4.86. The van der Waals surface area contributed by atoms with Gasteiger partial charge < -0.3 is 9.32 Å². The molecule has 0 saturated heterocycles. The van der Waals surface area contributed by atoms with Crippen molar-refractivity contribution in [2.24, 2.45) is 0 Å². The third-order valence-electron chi connectivity index (χ3n) is 12.9. The van der Waals surface area contributed by atoms with Gasteiger partial charge in [0.1, 0.15) is 11.2 Å². The highest BCUT2D eigenvalue weighted by molar-refractivity contribution is 7.25. The summed E-state index contributed by atoms with van der Waals surface area (Å²) in [6.45, 7) is 0. The standard InChI is InChI=1S/C56H35NOS/c1-2-12-34(13-3-1)35-22-25-37(26-23-35)57(38-27-31-52-47(33-38)41-15-9-11-21-51(41)59-52)48-29-28-39(36-24-30-50-46(32-36)40-14-8-10-20-49(40)58-50)55-53-42-16-4-6-18-44(42)54(56(48)55)45-19-7-5-17-43(45)53/h1-33,53-54H. The number of anilines is 3. The quantitative estimate of drug-likeness (QED) is 0.173. The fourth-order valence-corrected chi connectivity index (χ4v) is 11.4. The summed E-state index contributed by atoms with van der Waals surface area (Å²) in [5.74, 6) is 0.146. The van der Waals surface area contributed by atoms with E-state index in [-0.39, 0.29) is 11.8 Å². The van der Waals surface area contributed by atoms with Gasteiger partial charge in [-0.05, 0) is 116 Å². The second-order valence-corrected chi connectivity index (χ2v) is 17.0. The van der Waals surface area contributed by atoms with Crippen molar-refractivity contribution < 1.29 is 4.42 Å². The van der Waals surface area contributed by atoms with Crippen LogP contribution < -0.4 is 4.90 Å². The van der Waals surface area contributed by atoms with E-state index in [2.05, 4.69) is 199 Å². The summed E-state index contributed by atoms with van der Waals surface area (Å²) in [6.07, 6.45) is 0. The fourth-order valence-electron chi connectivity index (χ4n) is 10.3. The Morgan fingerprint density at radius 1 is 0.373 bits per heavy atom. The molecule has 2 aromatic heterocycles. The van der Waals surface area contributed by atoms with Crippen LogP contribution in [0.1, 0.15) is 45.2 Å². The predicted octanol–water partition coefficient (Wildman–Crippen LogP) is 15.7. The van der Waals surface area contributed by atoms with Crippen molar-refractivity contribution in [3.05, 3.63) is 234 Å². The van der Waals surface area contributed by atoms with Crippen LogP contribution in [0.3, 0.4) is 0 Å². The first kappa shape index (κ1) is 32.8. The number of rotatable bonds is 5. The molecule has 2 nitrogen and oxygen atoms in total. The van der Waals surface area contributed by atoms with Gasteiger partial charge in [0, 0.05) is 54.2 Å². The first-order chi connectivity index (χ1) is 29.3. The van der Waals surface area contributed by atoms with Gasteiger partial charge in [-0.3, -0.25) is 0 Å². The Bertz CT molecular complexity index is 3420.